The van der Waals surface area contributed by atoms with Crippen LogP contribution in [0.15, 0.2) is 4.79 Å². The van der Waals surface area contributed by atoms with Crippen LogP contribution < -0.4 is 11.3 Å². The number of aliphatic hydroxyl groups excluding tert-OH is 3. The van der Waals surface area contributed by atoms with Gasteiger partial charge in [-0.05, 0) is 0 Å². The maximum atomic E-state index is 12.7. The Kier molecular flexibility index (Phi) is 4.18. The van der Waals surface area contributed by atoms with E-state index in [1.165, 1.54) is 0 Å². The SMILES string of the molecule is N#Cc1nn(CC(N)=O)c2c(=O)n(C3OC(CO)C(O)C3O)nnc12. The third-order valence-corrected chi connectivity index (χ3v) is 3.75. The van der Waals surface area contributed by atoms with E-state index in [2.05, 4.69) is 15.4 Å². The minimum atomic E-state index is -1.55. The number of ether oxygens (including phenoxy) is 1. The van der Waals surface area contributed by atoms with Gasteiger partial charge in [-0.15, -0.1) is 5.10 Å². The molecule has 1 amide bonds. The molecule has 132 valence electrons. The summed E-state index contributed by atoms with van der Waals surface area (Å²) in [4.78, 5) is 23.8. The number of rotatable bonds is 4. The molecule has 1 aliphatic rings. The van der Waals surface area contributed by atoms with E-state index >= 15 is 0 Å². The zero-order valence-corrected chi connectivity index (χ0v) is 12.6. The molecule has 4 unspecified atom stereocenters. The lowest BCUT2D eigenvalue weighted by Crippen LogP contribution is -2.37. The van der Waals surface area contributed by atoms with Gasteiger partial charge in [-0.3, -0.25) is 9.59 Å². The van der Waals surface area contributed by atoms with E-state index in [9.17, 15) is 19.8 Å². The van der Waals surface area contributed by atoms with Crippen LogP contribution in [-0.2, 0) is 16.1 Å². The van der Waals surface area contributed by atoms with E-state index in [1.54, 1.807) is 6.07 Å². The molecule has 2 aromatic heterocycles. The van der Waals surface area contributed by atoms with Crippen LogP contribution in [0.25, 0.3) is 11.0 Å². The lowest BCUT2D eigenvalue weighted by molar-refractivity contribution is -0.118. The molecule has 3 heterocycles. The van der Waals surface area contributed by atoms with Crippen molar-refractivity contribution in [3.8, 4) is 6.07 Å². The molecule has 0 aromatic carbocycles. The summed E-state index contributed by atoms with van der Waals surface area (Å²) in [5.74, 6) is -0.801. The molecule has 3 rings (SSSR count). The van der Waals surface area contributed by atoms with Gasteiger partial charge in [0.05, 0.1) is 6.61 Å². The zero-order chi connectivity index (χ0) is 18.3. The van der Waals surface area contributed by atoms with Crippen LogP contribution in [0.4, 0.5) is 0 Å². The molecule has 0 spiro atoms. The largest absolute Gasteiger partial charge is 0.394 e. The van der Waals surface area contributed by atoms with Crippen molar-refractivity contribution in [2.24, 2.45) is 5.73 Å². The predicted octanol–water partition coefficient (Wildman–Crippen LogP) is -4.04. The Morgan fingerprint density at radius 1 is 1.40 bits per heavy atom. The molecule has 13 heteroatoms. The number of fused-ring (bicyclic) bond motifs is 1. The summed E-state index contributed by atoms with van der Waals surface area (Å²) in [7, 11) is 0. The average Bonchev–Trinajstić information content (AvgIpc) is 3.06. The molecule has 0 aliphatic carbocycles. The summed E-state index contributed by atoms with van der Waals surface area (Å²) in [6, 6.07) is 1.72. The third kappa shape index (κ3) is 2.62. The first-order chi connectivity index (χ1) is 11.9. The Morgan fingerprint density at radius 2 is 2.12 bits per heavy atom. The molecule has 0 saturated carbocycles. The highest BCUT2D eigenvalue weighted by atomic mass is 16.6. The fourth-order valence-electron chi connectivity index (χ4n) is 2.59. The van der Waals surface area contributed by atoms with E-state index in [0.29, 0.717) is 4.68 Å². The van der Waals surface area contributed by atoms with Gasteiger partial charge in [0.25, 0.3) is 5.56 Å². The van der Waals surface area contributed by atoms with Crippen LogP contribution in [0.1, 0.15) is 11.9 Å². The second-order valence-corrected chi connectivity index (χ2v) is 5.35. The number of aromatic nitrogens is 5. The third-order valence-electron chi connectivity index (χ3n) is 3.75. The standard InChI is InChI=1S/C12H13N7O6/c13-1-4-7-8(18(16-4)2-6(14)21)11(24)19(17-15-7)12-10(23)9(22)5(3-20)25-12/h5,9-10,12,20,22-23H,2-3H2,(H2,14,21). The number of primary amides is 1. The number of hydrogen-bond acceptors (Lipinski definition) is 10. The highest BCUT2D eigenvalue weighted by molar-refractivity contribution is 5.81. The molecule has 4 atom stereocenters. The second kappa shape index (κ2) is 6.18. The normalized spacial score (nSPS) is 26.0. The summed E-state index contributed by atoms with van der Waals surface area (Å²) in [5.41, 5.74) is 3.63. The summed E-state index contributed by atoms with van der Waals surface area (Å²) < 4.78 is 6.78. The van der Waals surface area contributed by atoms with Crippen molar-refractivity contribution < 1.29 is 24.9 Å². The quantitative estimate of drug-likeness (QED) is 0.420. The van der Waals surface area contributed by atoms with Crippen LogP contribution in [0.2, 0.25) is 0 Å². The Labute approximate surface area is 138 Å². The number of nitrogens with two attached hydrogens (primary N) is 1. The fraction of sp³-hybridized carbons (Fsp3) is 0.500. The maximum absolute atomic E-state index is 12.7. The van der Waals surface area contributed by atoms with Gasteiger partial charge in [0, 0.05) is 0 Å². The summed E-state index contributed by atoms with van der Waals surface area (Å²) in [6.45, 7) is -1.06. The van der Waals surface area contributed by atoms with Gasteiger partial charge in [0.15, 0.2) is 23.0 Å². The van der Waals surface area contributed by atoms with Crippen LogP contribution in [0, 0.1) is 11.3 Å². The Bertz CT molecular complexity index is 930. The topological polar surface area (TPSA) is 202 Å². The van der Waals surface area contributed by atoms with Crippen molar-refractivity contribution in [2.45, 2.75) is 31.1 Å². The van der Waals surface area contributed by atoms with Crippen LogP contribution in [0.5, 0.6) is 0 Å². The van der Waals surface area contributed by atoms with Gasteiger partial charge >= 0.3 is 0 Å². The minimum absolute atomic E-state index is 0.142. The number of carbonyl (C=O) groups is 1. The molecule has 0 bridgehead atoms. The number of carbonyl (C=O) groups excluding carboxylic acids is 1. The van der Waals surface area contributed by atoms with Gasteiger partial charge in [-0.1, -0.05) is 5.21 Å². The monoisotopic (exact) mass is 351 g/mol. The molecule has 5 N–H and O–H groups in total. The summed E-state index contributed by atoms with van der Waals surface area (Å²) in [5, 5.41) is 49.1. The average molecular weight is 351 g/mol. The van der Waals surface area contributed by atoms with Gasteiger partial charge in [-0.2, -0.15) is 15.0 Å². The summed E-state index contributed by atoms with van der Waals surface area (Å²) in [6.07, 6.45) is -5.53. The lowest BCUT2D eigenvalue weighted by Gasteiger charge is -2.15. The zero-order valence-electron chi connectivity index (χ0n) is 12.6. The van der Waals surface area contributed by atoms with Crippen molar-refractivity contribution in [3.63, 3.8) is 0 Å². The molecule has 25 heavy (non-hydrogen) atoms. The predicted molar refractivity (Wildman–Crippen MR) is 76.5 cm³/mol. The first-order valence-electron chi connectivity index (χ1n) is 7.06. The van der Waals surface area contributed by atoms with Crippen LogP contribution in [-0.4, -0.2) is 70.9 Å². The van der Waals surface area contributed by atoms with Crippen molar-refractivity contribution in [1.29, 1.82) is 5.26 Å². The molecule has 1 saturated heterocycles. The van der Waals surface area contributed by atoms with E-state index in [0.717, 1.165) is 4.68 Å². The number of amides is 1. The highest BCUT2D eigenvalue weighted by Gasteiger charge is 2.44. The molecular formula is C12H13N7O6. The van der Waals surface area contributed by atoms with Gasteiger partial charge in [0.2, 0.25) is 5.91 Å². The summed E-state index contributed by atoms with van der Waals surface area (Å²) >= 11 is 0. The van der Waals surface area contributed by atoms with Crippen molar-refractivity contribution >= 4 is 16.9 Å². The van der Waals surface area contributed by atoms with E-state index < -0.39 is 49.2 Å². The smallest absolute Gasteiger partial charge is 0.298 e. The molecule has 2 aromatic rings. The molecule has 13 nitrogen and oxygen atoms in total. The minimum Gasteiger partial charge on any atom is -0.394 e. The van der Waals surface area contributed by atoms with Gasteiger partial charge in [-0.25, -0.2) is 4.68 Å². The van der Waals surface area contributed by atoms with Crippen LogP contribution in [0.3, 0.4) is 0 Å². The Hall–Kier alpha value is -2.92. The van der Waals surface area contributed by atoms with Crippen LogP contribution >= 0.6 is 0 Å². The van der Waals surface area contributed by atoms with Crippen molar-refractivity contribution in [3.05, 3.63) is 16.0 Å². The van der Waals surface area contributed by atoms with Gasteiger partial charge < -0.3 is 25.8 Å². The fourth-order valence-corrected chi connectivity index (χ4v) is 2.59. The Balaban J connectivity index is 2.16. The first-order valence-corrected chi connectivity index (χ1v) is 7.06. The van der Waals surface area contributed by atoms with E-state index in [4.69, 9.17) is 20.8 Å². The first kappa shape index (κ1) is 16.9. The highest BCUT2D eigenvalue weighted by Crippen LogP contribution is 2.27. The lowest BCUT2D eigenvalue weighted by atomic mass is 10.1. The van der Waals surface area contributed by atoms with Crippen molar-refractivity contribution in [1.82, 2.24) is 24.8 Å². The number of aliphatic hydroxyl groups is 3. The number of nitrogens with zero attached hydrogens (tertiary/aromatic N) is 6. The molecule has 0 radical (unpaired) electrons. The van der Waals surface area contributed by atoms with Gasteiger partial charge in [0.1, 0.15) is 30.9 Å². The Morgan fingerprint density at radius 3 is 2.68 bits per heavy atom. The second-order valence-electron chi connectivity index (χ2n) is 5.35. The number of hydrogen-bond donors (Lipinski definition) is 4. The number of nitriles is 1. The maximum Gasteiger partial charge on any atom is 0.298 e. The van der Waals surface area contributed by atoms with E-state index in [1.807, 2.05) is 0 Å². The molecule has 1 fully saturated rings. The molecule has 1 aliphatic heterocycles. The van der Waals surface area contributed by atoms with E-state index in [-0.39, 0.29) is 16.7 Å². The molecular weight excluding hydrogens is 338 g/mol. The van der Waals surface area contributed by atoms with Crippen molar-refractivity contribution in [2.75, 3.05) is 6.61 Å².